The molecule has 1 heterocycles. The molecular formula is C18H16BrClN2O2S. The molecule has 4 nitrogen and oxygen atoms in total. The van der Waals surface area contributed by atoms with Crippen molar-refractivity contribution in [3.05, 3.63) is 68.6 Å². The Labute approximate surface area is 163 Å². The summed E-state index contributed by atoms with van der Waals surface area (Å²) in [5.74, 6) is 1.39. The third-order valence-corrected chi connectivity index (χ3v) is 5.26. The zero-order valence-corrected chi connectivity index (χ0v) is 16.6. The van der Waals surface area contributed by atoms with Gasteiger partial charge in [-0.2, -0.15) is 0 Å². The summed E-state index contributed by atoms with van der Waals surface area (Å²) < 4.78 is 12.5. The predicted molar refractivity (Wildman–Crippen MR) is 106 cm³/mol. The van der Waals surface area contributed by atoms with E-state index in [0.29, 0.717) is 29.7 Å². The van der Waals surface area contributed by atoms with E-state index in [1.807, 2.05) is 41.8 Å². The number of hydrogen-bond donors (Lipinski definition) is 1. The van der Waals surface area contributed by atoms with Crippen LogP contribution >= 0.6 is 38.9 Å². The molecule has 0 unspecified atom stereocenters. The fourth-order valence-corrected chi connectivity index (χ4v) is 3.38. The number of anilines is 1. The number of benzene rings is 2. The van der Waals surface area contributed by atoms with Gasteiger partial charge in [0.05, 0.1) is 7.11 Å². The highest BCUT2D eigenvalue weighted by molar-refractivity contribution is 9.10. The van der Waals surface area contributed by atoms with Crippen molar-refractivity contribution in [3.8, 4) is 11.5 Å². The first kappa shape index (κ1) is 18.0. The zero-order chi connectivity index (χ0) is 17.6. The predicted octanol–water partition coefficient (Wildman–Crippen LogP) is 5.76. The van der Waals surface area contributed by atoms with Crippen LogP contribution in [0, 0.1) is 0 Å². The van der Waals surface area contributed by atoms with Gasteiger partial charge in [0.25, 0.3) is 0 Å². The molecule has 0 saturated carbocycles. The van der Waals surface area contributed by atoms with Crippen molar-refractivity contribution < 1.29 is 9.47 Å². The van der Waals surface area contributed by atoms with Gasteiger partial charge in [-0.25, -0.2) is 4.98 Å². The molecule has 1 aromatic heterocycles. The average molecular weight is 440 g/mol. The Kier molecular flexibility index (Phi) is 6.18. The van der Waals surface area contributed by atoms with E-state index >= 15 is 0 Å². The van der Waals surface area contributed by atoms with Crippen molar-refractivity contribution in [3.63, 3.8) is 0 Å². The fraction of sp³-hybridized carbons (Fsp3) is 0.167. The lowest BCUT2D eigenvalue weighted by Gasteiger charge is -2.17. The molecule has 0 bridgehead atoms. The van der Waals surface area contributed by atoms with Crippen molar-refractivity contribution in [2.45, 2.75) is 13.2 Å². The molecule has 25 heavy (non-hydrogen) atoms. The van der Waals surface area contributed by atoms with Gasteiger partial charge in [-0.1, -0.05) is 39.7 Å². The Bertz CT molecular complexity index is 826. The number of rotatable bonds is 7. The SMILES string of the molecule is COc1ccc(Br)c(CNc2nccs2)c1OCc1ccc(Cl)cc1. The van der Waals surface area contributed by atoms with Crippen molar-refractivity contribution in [2.75, 3.05) is 12.4 Å². The molecule has 130 valence electrons. The molecule has 0 aliphatic rings. The van der Waals surface area contributed by atoms with Crippen LogP contribution in [0.25, 0.3) is 0 Å². The Morgan fingerprint density at radius 2 is 2.00 bits per heavy atom. The summed E-state index contributed by atoms with van der Waals surface area (Å²) in [6.07, 6.45) is 1.77. The molecule has 0 saturated heterocycles. The molecule has 3 rings (SSSR count). The lowest BCUT2D eigenvalue weighted by Crippen LogP contribution is -2.06. The number of halogens is 2. The van der Waals surface area contributed by atoms with Crippen LogP contribution in [0.5, 0.6) is 11.5 Å². The summed E-state index contributed by atoms with van der Waals surface area (Å²) in [4.78, 5) is 4.24. The molecule has 0 radical (unpaired) electrons. The summed E-state index contributed by atoms with van der Waals surface area (Å²) in [6.45, 7) is 0.996. The van der Waals surface area contributed by atoms with Gasteiger partial charge >= 0.3 is 0 Å². The Morgan fingerprint density at radius 3 is 2.68 bits per heavy atom. The number of thiazole rings is 1. The second-order valence-corrected chi connectivity index (χ2v) is 7.35. The molecular weight excluding hydrogens is 424 g/mol. The topological polar surface area (TPSA) is 43.4 Å². The van der Waals surface area contributed by atoms with Crippen LogP contribution in [0.4, 0.5) is 5.13 Å². The second kappa shape index (κ2) is 8.56. The molecule has 0 fully saturated rings. The van der Waals surface area contributed by atoms with E-state index in [4.69, 9.17) is 21.1 Å². The number of nitrogens with one attached hydrogen (secondary N) is 1. The van der Waals surface area contributed by atoms with Crippen LogP contribution in [-0.2, 0) is 13.2 Å². The molecule has 0 atom stereocenters. The lowest BCUT2D eigenvalue weighted by atomic mass is 10.1. The zero-order valence-electron chi connectivity index (χ0n) is 13.5. The van der Waals surface area contributed by atoms with Gasteiger partial charge in [0.1, 0.15) is 6.61 Å². The van der Waals surface area contributed by atoms with E-state index in [9.17, 15) is 0 Å². The molecule has 3 aromatic rings. The minimum Gasteiger partial charge on any atom is -0.493 e. The first-order valence-corrected chi connectivity index (χ1v) is 9.58. The fourth-order valence-electron chi connectivity index (χ4n) is 2.28. The number of aromatic nitrogens is 1. The van der Waals surface area contributed by atoms with Crippen LogP contribution in [-0.4, -0.2) is 12.1 Å². The maximum Gasteiger partial charge on any atom is 0.182 e. The maximum absolute atomic E-state index is 6.08. The Morgan fingerprint density at radius 1 is 1.20 bits per heavy atom. The summed E-state index contributed by atoms with van der Waals surface area (Å²) in [5, 5.41) is 6.80. The minimum absolute atomic E-state index is 0.425. The van der Waals surface area contributed by atoms with Gasteiger partial charge in [0.15, 0.2) is 16.6 Å². The molecule has 1 N–H and O–H groups in total. The summed E-state index contributed by atoms with van der Waals surface area (Å²) >= 11 is 11.1. The molecule has 0 spiro atoms. The first-order valence-electron chi connectivity index (χ1n) is 7.53. The molecule has 7 heteroatoms. The van der Waals surface area contributed by atoms with E-state index in [1.54, 1.807) is 24.6 Å². The Balaban J connectivity index is 1.81. The van der Waals surface area contributed by atoms with Gasteiger partial charge in [0.2, 0.25) is 0 Å². The third kappa shape index (κ3) is 4.66. The highest BCUT2D eigenvalue weighted by Gasteiger charge is 2.15. The Hall–Kier alpha value is -1.76. The third-order valence-electron chi connectivity index (χ3n) is 3.53. The van der Waals surface area contributed by atoms with E-state index < -0.39 is 0 Å². The van der Waals surface area contributed by atoms with Crippen molar-refractivity contribution in [1.29, 1.82) is 0 Å². The smallest absolute Gasteiger partial charge is 0.182 e. The van der Waals surface area contributed by atoms with Crippen molar-refractivity contribution in [1.82, 2.24) is 4.98 Å². The van der Waals surface area contributed by atoms with Crippen LogP contribution in [0.2, 0.25) is 5.02 Å². The largest absolute Gasteiger partial charge is 0.493 e. The van der Waals surface area contributed by atoms with E-state index in [2.05, 4.69) is 26.2 Å². The van der Waals surface area contributed by atoms with Crippen LogP contribution in [0.15, 0.2) is 52.4 Å². The van der Waals surface area contributed by atoms with E-state index in [1.165, 1.54) is 0 Å². The molecule has 0 aliphatic heterocycles. The monoisotopic (exact) mass is 438 g/mol. The van der Waals surface area contributed by atoms with Crippen LogP contribution < -0.4 is 14.8 Å². The van der Waals surface area contributed by atoms with Gasteiger partial charge in [-0.05, 0) is 29.8 Å². The first-order chi connectivity index (χ1) is 12.2. The van der Waals surface area contributed by atoms with Gasteiger partial charge in [0, 0.05) is 33.2 Å². The number of hydrogen-bond acceptors (Lipinski definition) is 5. The van der Waals surface area contributed by atoms with Crippen LogP contribution in [0.3, 0.4) is 0 Å². The molecule has 2 aromatic carbocycles. The summed E-state index contributed by atoms with van der Waals surface area (Å²) in [5.41, 5.74) is 2.01. The summed E-state index contributed by atoms with van der Waals surface area (Å²) in [6, 6.07) is 11.4. The normalized spacial score (nSPS) is 10.5. The highest BCUT2D eigenvalue weighted by atomic mass is 79.9. The number of ether oxygens (including phenoxy) is 2. The van der Waals surface area contributed by atoms with Crippen molar-refractivity contribution >= 4 is 44.0 Å². The molecule has 0 aliphatic carbocycles. The van der Waals surface area contributed by atoms with Gasteiger partial charge in [-0.15, -0.1) is 11.3 Å². The standard InChI is InChI=1S/C18H16BrClN2O2S/c1-23-16-7-6-15(19)14(10-22-18-21-8-9-25-18)17(16)24-11-12-2-4-13(20)5-3-12/h2-9H,10-11H2,1H3,(H,21,22). The highest BCUT2D eigenvalue weighted by Crippen LogP contribution is 2.37. The second-order valence-electron chi connectivity index (χ2n) is 5.16. The number of nitrogens with zero attached hydrogens (tertiary/aromatic N) is 1. The van der Waals surface area contributed by atoms with Gasteiger partial charge < -0.3 is 14.8 Å². The minimum atomic E-state index is 0.425. The maximum atomic E-state index is 6.08. The quantitative estimate of drug-likeness (QED) is 0.508. The van der Waals surface area contributed by atoms with E-state index in [0.717, 1.165) is 20.7 Å². The summed E-state index contributed by atoms with van der Waals surface area (Å²) in [7, 11) is 1.64. The van der Waals surface area contributed by atoms with Crippen LogP contribution in [0.1, 0.15) is 11.1 Å². The lowest BCUT2D eigenvalue weighted by molar-refractivity contribution is 0.281. The average Bonchev–Trinajstić information content (AvgIpc) is 3.14. The van der Waals surface area contributed by atoms with E-state index in [-0.39, 0.29) is 0 Å². The number of methoxy groups -OCH3 is 1. The van der Waals surface area contributed by atoms with Gasteiger partial charge in [-0.3, -0.25) is 0 Å². The molecule has 0 amide bonds. The van der Waals surface area contributed by atoms with Crippen molar-refractivity contribution in [2.24, 2.45) is 0 Å².